The van der Waals surface area contributed by atoms with Gasteiger partial charge < -0.3 is 0 Å². The van der Waals surface area contributed by atoms with Crippen LogP contribution < -0.4 is 0 Å². The second-order valence-electron chi connectivity index (χ2n) is 7.72. The number of piperidine rings is 1. The Hall–Kier alpha value is -0.950. The van der Waals surface area contributed by atoms with E-state index in [-0.39, 0.29) is 0 Å². The quantitative estimate of drug-likeness (QED) is 0.826. The number of benzene rings is 1. The van der Waals surface area contributed by atoms with Gasteiger partial charge in [0.05, 0.1) is 4.90 Å². The van der Waals surface area contributed by atoms with Crippen molar-refractivity contribution in [3.8, 4) is 0 Å². The Morgan fingerprint density at radius 3 is 1.84 bits per heavy atom. The Balaban J connectivity index is 1.70. The van der Waals surface area contributed by atoms with Gasteiger partial charge in [0.15, 0.2) is 0 Å². The smallest absolute Gasteiger partial charge is 0.242 e. The van der Waals surface area contributed by atoms with Gasteiger partial charge in [0.1, 0.15) is 0 Å². The highest BCUT2D eigenvalue weighted by Crippen LogP contribution is 2.26. The molecule has 0 spiro atoms. The van der Waals surface area contributed by atoms with Gasteiger partial charge in [-0.15, -0.1) is 0 Å². The zero-order valence-corrected chi connectivity index (χ0v) is 16.8. The molecule has 0 unspecified atom stereocenters. The first-order valence-electron chi connectivity index (χ1n) is 9.37. The average molecular weight is 366 g/mol. The summed E-state index contributed by atoms with van der Waals surface area (Å²) in [7, 11) is -3.41. The molecule has 140 valence electrons. The minimum Gasteiger partial charge on any atom is -0.242 e. The molecule has 6 heteroatoms. The molecule has 0 saturated carbocycles. The summed E-state index contributed by atoms with van der Waals surface area (Å²) in [4.78, 5) is 0.498. The van der Waals surface area contributed by atoms with Crippen LogP contribution in [0.2, 0.25) is 0 Å². The van der Waals surface area contributed by atoms with Gasteiger partial charge in [0.2, 0.25) is 10.0 Å². The van der Waals surface area contributed by atoms with Crippen LogP contribution >= 0.6 is 0 Å². The summed E-state index contributed by atoms with van der Waals surface area (Å²) in [6, 6.07) is 3.93. The Bertz CT molecular complexity index is 693. The van der Waals surface area contributed by atoms with E-state index in [9.17, 15) is 8.42 Å². The summed E-state index contributed by atoms with van der Waals surface area (Å²) in [5.74, 6) is 0.811. The SMILES string of the molecule is Cc1cc(C)c(S(=O)(=O)N2CCN(N3CCC(C)CC3)CC2)c(C)c1. The number of hydrazine groups is 1. The maximum atomic E-state index is 13.2. The lowest BCUT2D eigenvalue weighted by atomic mass is 10.0. The minimum absolute atomic E-state index is 0.498. The molecule has 25 heavy (non-hydrogen) atoms. The van der Waals surface area contributed by atoms with Crippen LogP contribution in [0.1, 0.15) is 36.5 Å². The lowest BCUT2D eigenvalue weighted by molar-refractivity contribution is -0.0647. The number of rotatable bonds is 3. The molecular weight excluding hydrogens is 334 g/mol. The first-order chi connectivity index (χ1) is 11.8. The molecule has 2 heterocycles. The van der Waals surface area contributed by atoms with Gasteiger partial charge in [-0.25, -0.2) is 18.4 Å². The van der Waals surface area contributed by atoms with Crippen molar-refractivity contribution in [1.29, 1.82) is 0 Å². The molecular formula is C19H31N3O2S. The zero-order chi connectivity index (χ0) is 18.2. The fourth-order valence-corrected chi connectivity index (χ4v) is 6.02. The third-order valence-electron chi connectivity index (χ3n) is 5.58. The van der Waals surface area contributed by atoms with Gasteiger partial charge in [-0.05, 0) is 50.7 Å². The fourth-order valence-electron chi connectivity index (χ4n) is 4.18. The zero-order valence-electron chi connectivity index (χ0n) is 16.0. The lowest BCUT2D eigenvalue weighted by Crippen LogP contribution is -2.56. The van der Waals surface area contributed by atoms with E-state index in [1.165, 1.54) is 12.8 Å². The van der Waals surface area contributed by atoms with Crippen molar-refractivity contribution in [3.05, 3.63) is 28.8 Å². The van der Waals surface area contributed by atoms with Gasteiger partial charge in [0, 0.05) is 39.3 Å². The molecule has 2 aliphatic rings. The van der Waals surface area contributed by atoms with E-state index in [1.807, 2.05) is 32.9 Å². The first-order valence-corrected chi connectivity index (χ1v) is 10.8. The average Bonchev–Trinajstić information content (AvgIpc) is 2.54. The van der Waals surface area contributed by atoms with Crippen molar-refractivity contribution in [2.24, 2.45) is 5.92 Å². The van der Waals surface area contributed by atoms with Crippen LogP contribution in [0, 0.1) is 26.7 Å². The van der Waals surface area contributed by atoms with Crippen LogP contribution in [0.5, 0.6) is 0 Å². The summed E-state index contributed by atoms with van der Waals surface area (Å²) in [5.41, 5.74) is 2.81. The summed E-state index contributed by atoms with van der Waals surface area (Å²) in [6.45, 7) is 13.0. The number of hydrogen-bond acceptors (Lipinski definition) is 4. The van der Waals surface area contributed by atoms with Crippen LogP contribution in [0.15, 0.2) is 17.0 Å². The number of piperazine rings is 1. The van der Waals surface area contributed by atoms with Crippen LogP contribution in [0.4, 0.5) is 0 Å². The monoisotopic (exact) mass is 365 g/mol. The molecule has 0 N–H and O–H groups in total. The molecule has 0 aliphatic carbocycles. The van der Waals surface area contributed by atoms with Gasteiger partial charge >= 0.3 is 0 Å². The van der Waals surface area contributed by atoms with Crippen molar-refractivity contribution < 1.29 is 8.42 Å². The molecule has 2 saturated heterocycles. The number of nitrogens with zero attached hydrogens (tertiary/aromatic N) is 3. The summed E-state index contributed by atoms with van der Waals surface area (Å²) >= 11 is 0. The maximum absolute atomic E-state index is 13.2. The van der Waals surface area contributed by atoms with Crippen molar-refractivity contribution in [2.75, 3.05) is 39.3 Å². The molecule has 0 atom stereocenters. The van der Waals surface area contributed by atoms with Crippen molar-refractivity contribution >= 4 is 10.0 Å². The molecule has 0 bridgehead atoms. The van der Waals surface area contributed by atoms with E-state index in [0.29, 0.717) is 18.0 Å². The van der Waals surface area contributed by atoms with Gasteiger partial charge in [-0.3, -0.25) is 0 Å². The summed E-state index contributed by atoms with van der Waals surface area (Å²) in [6.07, 6.45) is 2.47. The van der Waals surface area contributed by atoms with Crippen LogP contribution in [-0.2, 0) is 10.0 Å². The topological polar surface area (TPSA) is 43.9 Å². The number of hydrogen-bond donors (Lipinski definition) is 0. The molecule has 2 fully saturated rings. The molecule has 5 nitrogen and oxygen atoms in total. The number of sulfonamides is 1. The van der Waals surface area contributed by atoms with Crippen molar-refractivity contribution in [1.82, 2.24) is 14.3 Å². The van der Waals surface area contributed by atoms with E-state index in [2.05, 4.69) is 16.9 Å². The maximum Gasteiger partial charge on any atom is 0.243 e. The Morgan fingerprint density at radius 2 is 1.32 bits per heavy atom. The normalized spacial score (nSPS) is 22.4. The molecule has 1 aromatic rings. The lowest BCUT2D eigenvalue weighted by Gasteiger charge is -2.43. The highest BCUT2D eigenvalue weighted by molar-refractivity contribution is 7.89. The summed E-state index contributed by atoms with van der Waals surface area (Å²) < 4.78 is 28.0. The molecule has 0 aromatic heterocycles. The largest absolute Gasteiger partial charge is 0.243 e. The highest BCUT2D eigenvalue weighted by atomic mass is 32.2. The Kier molecular flexibility index (Phi) is 5.54. The van der Waals surface area contributed by atoms with Gasteiger partial charge in [-0.2, -0.15) is 4.31 Å². The molecule has 3 rings (SSSR count). The fraction of sp³-hybridized carbons (Fsp3) is 0.684. The first kappa shape index (κ1) is 18.8. The third kappa shape index (κ3) is 3.92. The summed E-state index contributed by atoms with van der Waals surface area (Å²) in [5, 5.41) is 4.78. The van der Waals surface area contributed by atoms with Crippen LogP contribution in [0.25, 0.3) is 0 Å². The van der Waals surface area contributed by atoms with Gasteiger partial charge in [0.25, 0.3) is 0 Å². The van der Waals surface area contributed by atoms with E-state index < -0.39 is 10.0 Å². The van der Waals surface area contributed by atoms with Crippen LogP contribution in [-0.4, -0.2) is 62.0 Å². The van der Waals surface area contributed by atoms with E-state index >= 15 is 0 Å². The highest BCUT2D eigenvalue weighted by Gasteiger charge is 2.33. The molecule has 0 amide bonds. The minimum atomic E-state index is -3.41. The van der Waals surface area contributed by atoms with Crippen LogP contribution in [0.3, 0.4) is 0 Å². The standard InChI is InChI=1S/C19H31N3O2S/c1-15-5-7-20(8-6-15)21-9-11-22(12-10-21)25(23,24)19-17(3)13-16(2)14-18(19)4/h13-15H,5-12H2,1-4H3. The second kappa shape index (κ2) is 7.35. The molecule has 0 radical (unpaired) electrons. The van der Waals surface area contributed by atoms with E-state index in [4.69, 9.17) is 0 Å². The number of aryl methyl sites for hydroxylation is 3. The van der Waals surface area contributed by atoms with Crippen molar-refractivity contribution in [3.63, 3.8) is 0 Å². The van der Waals surface area contributed by atoms with Crippen molar-refractivity contribution in [2.45, 2.75) is 45.4 Å². The van der Waals surface area contributed by atoms with E-state index in [1.54, 1.807) is 4.31 Å². The Morgan fingerprint density at radius 1 is 0.840 bits per heavy atom. The third-order valence-corrected chi connectivity index (χ3v) is 7.78. The Labute approximate surface area is 152 Å². The van der Waals surface area contributed by atoms with E-state index in [0.717, 1.165) is 48.8 Å². The molecule has 2 aliphatic heterocycles. The van der Waals surface area contributed by atoms with Gasteiger partial charge in [-0.1, -0.05) is 24.6 Å². The molecule has 1 aromatic carbocycles. The predicted octanol–water partition coefficient (Wildman–Crippen LogP) is 2.57. The second-order valence-corrected chi connectivity index (χ2v) is 9.60. The predicted molar refractivity (Wildman–Crippen MR) is 101 cm³/mol.